The van der Waals surface area contributed by atoms with Crippen molar-refractivity contribution in [1.29, 1.82) is 0 Å². The van der Waals surface area contributed by atoms with Gasteiger partial charge >= 0.3 is 5.97 Å². The first-order valence-electron chi connectivity index (χ1n) is 15.7. The van der Waals surface area contributed by atoms with Crippen molar-refractivity contribution in [2.24, 2.45) is 10.1 Å². The molecule has 1 atom stereocenters. The number of benzene rings is 3. The molecule has 0 saturated heterocycles. The third-order valence-electron chi connectivity index (χ3n) is 7.97. The quantitative estimate of drug-likeness (QED) is 0.0983. The van der Waals surface area contributed by atoms with Crippen LogP contribution >= 0.6 is 27.5 Å². The lowest BCUT2D eigenvalue weighted by molar-refractivity contribution is -0.140. The van der Waals surface area contributed by atoms with Gasteiger partial charge in [0.15, 0.2) is 5.88 Å². The van der Waals surface area contributed by atoms with E-state index in [2.05, 4.69) is 67.0 Å². The van der Waals surface area contributed by atoms with Crippen LogP contribution in [0.15, 0.2) is 87.5 Å². The van der Waals surface area contributed by atoms with Gasteiger partial charge in [-0.1, -0.05) is 70.8 Å². The Balaban J connectivity index is 0.000000186. The Labute approximate surface area is 287 Å². The Morgan fingerprint density at radius 2 is 1.87 bits per heavy atom. The largest absolute Gasteiger partial charge is 0.494 e. The van der Waals surface area contributed by atoms with E-state index in [4.69, 9.17) is 16.4 Å². The van der Waals surface area contributed by atoms with Crippen molar-refractivity contribution in [2.75, 3.05) is 25.0 Å². The van der Waals surface area contributed by atoms with Crippen LogP contribution in [-0.2, 0) is 9.63 Å². The molecular formula is C36H38BrClN6O3. The van der Waals surface area contributed by atoms with Crippen molar-refractivity contribution < 1.29 is 14.7 Å². The summed E-state index contributed by atoms with van der Waals surface area (Å²) in [4.78, 5) is 30.4. The molecule has 3 N–H and O–H groups in total. The SMILES string of the molecule is CC(=O)O/N=C1/C(c2c(O)[nH]c3cc(Br)ccc23)=Nc2ccccc21.CCN(CC)CCCC(C)Nc1ccnc2cc(Cl)ccc12. The molecule has 0 amide bonds. The summed E-state index contributed by atoms with van der Waals surface area (Å²) in [6, 6.07) is 21.4. The van der Waals surface area contributed by atoms with E-state index >= 15 is 0 Å². The fourth-order valence-corrected chi connectivity index (χ4v) is 6.12. The van der Waals surface area contributed by atoms with Crippen LogP contribution in [0.25, 0.3) is 21.8 Å². The van der Waals surface area contributed by atoms with Gasteiger partial charge in [0.1, 0.15) is 11.4 Å². The highest BCUT2D eigenvalue weighted by atomic mass is 79.9. The molecule has 0 bridgehead atoms. The van der Waals surface area contributed by atoms with Gasteiger partial charge in [0.2, 0.25) is 0 Å². The van der Waals surface area contributed by atoms with Gasteiger partial charge in [-0.2, -0.15) is 0 Å². The Morgan fingerprint density at radius 3 is 2.64 bits per heavy atom. The number of carbonyl (C=O) groups is 1. The first-order valence-corrected chi connectivity index (χ1v) is 16.8. The van der Waals surface area contributed by atoms with Gasteiger partial charge in [0.05, 0.1) is 22.3 Å². The lowest BCUT2D eigenvalue weighted by Crippen LogP contribution is -2.25. The van der Waals surface area contributed by atoms with Crippen LogP contribution in [0.5, 0.6) is 5.88 Å². The second-order valence-electron chi connectivity index (χ2n) is 11.3. The van der Waals surface area contributed by atoms with Gasteiger partial charge in [0, 0.05) is 50.7 Å². The van der Waals surface area contributed by atoms with E-state index in [9.17, 15) is 9.90 Å². The maximum atomic E-state index is 11.2. The third kappa shape index (κ3) is 8.19. The zero-order valence-corrected chi connectivity index (χ0v) is 29.2. The number of hydrogen-bond donors (Lipinski definition) is 3. The highest BCUT2D eigenvalue weighted by Crippen LogP contribution is 2.36. The number of anilines is 1. The average molecular weight is 718 g/mol. The summed E-state index contributed by atoms with van der Waals surface area (Å²) in [6.07, 6.45) is 4.21. The van der Waals surface area contributed by atoms with E-state index < -0.39 is 5.97 Å². The number of H-pyrrole nitrogens is 1. The molecule has 244 valence electrons. The predicted octanol–water partition coefficient (Wildman–Crippen LogP) is 8.85. The van der Waals surface area contributed by atoms with E-state index in [0.717, 1.165) is 62.1 Å². The smallest absolute Gasteiger partial charge is 0.332 e. The van der Waals surface area contributed by atoms with Crippen molar-refractivity contribution in [3.05, 3.63) is 93.5 Å². The van der Waals surface area contributed by atoms with Gasteiger partial charge in [0.25, 0.3) is 0 Å². The number of aromatic amines is 1. The summed E-state index contributed by atoms with van der Waals surface area (Å²) in [5.41, 5.74) is 5.65. The lowest BCUT2D eigenvalue weighted by atomic mass is 10.0. The molecule has 11 heteroatoms. The highest BCUT2D eigenvalue weighted by molar-refractivity contribution is 9.10. The summed E-state index contributed by atoms with van der Waals surface area (Å²) < 4.78 is 0.887. The molecule has 3 aromatic carbocycles. The first-order chi connectivity index (χ1) is 22.7. The second-order valence-corrected chi connectivity index (χ2v) is 12.6. The molecular weight excluding hydrogens is 680 g/mol. The second kappa shape index (κ2) is 15.6. The molecule has 0 fully saturated rings. The van der Waals surface area contributed by atoms with Crippen molar-refractivity contribution >= 4 is 78.1 Å². The number of fused-ring (bicyclic) bond motifs is 3. The summed E-state index contributed by atoms with van der Waals surface area (Å²) in [5, 5.41) is 20.7. The van der Waals surface area contributed by atoms with E-state index in [1.165, 1.54) is 19.9 Å². The Kier molecular flexibility index (Phi) is 11.3. The number of nitrogens with one attached hydrogen (secondary N) is 2. The zero-order chi connectivity index (χ0) is 33.5. The number of aromatic hydroxyl groups is 1. The fraction of sp³-hybridized carbons (Fsp3) is 0.278. The average Bonchev–Trinajstić information content (AvgIpc) is 3.57. The Morgan fingerprint density at radius 1 is 1.11 bits per heavy atom. The van der Waals surface area contributed by atoms with Gasteiger partial charge in [-0.3, -0.25) is 4.98 Å². The maximum Gasteiger partial charge on any atom is 0.332 e. The van der Waals surface area contributed by atoms with Crippen LogP contribution in [0.3, 0.4) is 0 Å². The molecule has 1 aliphatic rings. The molecule has 9 nitrogen and oxygen atoms in total. The molecule has 2 aromatic heterocycles. The standard InChI is InChI=1S/C18H12BrN3O3.C18H26ClN3/c1-9(23)25-22-16-12-4-2-3-5-13(12)20-17(16)15-11-7-6-10(19)8-14(11)21-18(15)24;1-4-22(5-2)12-6-7-14(3)21-17-10-11-20-18-13-15(19)8-9-16(17)18/h2-8,21,24H,1H3;8-11,13-14H,4-7,12H2,1-3H3,(H,20,21)/b22-16+;. The van der Waals surface area contributed by atoms with Crippen LogP contribution in [0, 0.1) is 0 Å². The number of pyridine rings is 1. The van der Waals surface area contributed by atoms with E-state index in [0.29, 0.717) is 28.7 Å². The van der Waals surface area contributed by atoms with Crippen LogP contribution < -0.4 is 5.32 Å². The summed E-state index contributed by atoms with van der Waals surface area (Å²) in [6.45, 7) is 11.4. The summed E-state index contributed by atoms with van der Waals surface area (Å²) in [7, 11) is 0. The third-order valence-corrected chi connectivity index (χ3v) is 8.70. The molecule has 1 aliphatic heterocycles. The lowest BCUT2D eigenvalue weighted by Gasteiger charge is -2.20. The molecule has 0 radical (unpaired) electrons. The predicted molar refractivity (Wildman–Crippen MR) is 195 cm³/mol. The number of aliphatic imine (C=N–C) groups is 1. The van der Waals surface area contributed by atoms with Gasteiger partial charge < -0.3 is 25.1 Å². The number of rotatable bonds is 10. The molecule has 1 unspecified atom stereocenters. The van der Waals surface area contributed by atoms with E-state index in [1.807, 2.05) is 72.9 Å². The molecule has 47 heavy (non-hydrogen) atoms. The minimum atomic E-state index is -0.525. The number of hydrogen-bond acceptors (Lipinski definition) is 8. The number of aromatic nitrogens is 2. The molecule has 6 rings (SSSR count). The van der Waals surface area contributed by atoms with E-state index in [1.54, 1.807) is 0 Å². The van der Waals surface area contributed by atoms with Crippen LogP contribution in [-0.4, -0.2) is 63.0 Å². The number of para-hydroxylation sites is 1. The van der Waals surface area contributed by atoms with Crippen LogP contribution in [0.1, 0.15) is 51.7 Å². The Bertz CT molecular complexity index is 1950. The van der Waals surface area contributed by atoms with Gasteiger partial charge in [-0.15, -0.1) is 0 Å². The zero-order valence-electron chi connectivity index (χ0n) is 26.8. The first kappa shape index (κ1) is 34.1. The van der Waals surface area contributed by atoms with E-state index in [-0.39, 0.29) is 5.88 Å². The number of carbonyl (C=O) groups excluding carboxylic acids is 1. The van der Waals surface area contributed by atoms with Crippen molar-refractivity contribution in [3.63, 3.8) is 0 Å². The Hall–Kier alpha value is -4.25. The fourth-order valence-electron chi connectivity index (χ4n) is 5.59. The van der Waals surface area contributed by atoms with Crippen molar-refractivity contribution in [1.82, 2.24) is 14.9 Å². The topological polar surface area (TPSA) is 115 Å². The molecule has 0 aliphatic carbocycles. The van der Waals surface area contributed by atoms with Crippen LogP contribution in [0.4, 0.5) is 11.4 Å². The minimum Gasteiger partial charge on any atom is -0.494 e. The number of nitrogens with zero attached hydrogens (tertiary/aromatic N) is 4. The minimum absolute atomic E-state index is 0.0184. The van der Waals surface area contributed by atoms with Crippen LogP contribution in [0.2, 0.25) is 5.02 Å². The molecule has 5 aromatic rings. The molecule has 0 spiro atoms. The number of oxime groups is 1. The van der Waals surface area contributed by atoms with Crippen molar-refractivity contribution in [2.45, 2.75) is 46.6 Å². The summed E-state index contributed by atoms with van der Waals surface area (Å²) in [5.74, 6) is -0.543. The highest BCUT2D eigenvalue weighted by Gasteiger charge is 2.29. The van der Waals surface area contributed by atoms with Gasteiger partial charge in [-0.05, 0) is 81.9 Å². The maximum absolute atomic E-state index is 11.2. The molecule has 3 heterocycles. The van der Waals surface area contributed by atoms with Crippen molar-refractivity contribution in [3.8, 4) is 5.88 Å². The van der Waals surface area contributed by atoms with Gasteiger partial charge in [-0.25, -0.2) is 9.79 Å². The normalized spacial score (nSPS) is 13.8. The monoisotopic (exact) mass is 716 g/mol. The number of halogens is 2. The molecule has 0 saturated carbocycles. The summed E-state index contributed by atoms with van der Waals surface area (Å²) >= 11 is 9.45.